The highest BCUT2D eigenvalue weighted by Crippen LogP contribution is 2.34. The average molecular weight is 428 g/mol. The Bertz CT molecular complexity index is 1190. The molecule has 0 spiro atoms. The van der Waals surface area contributed by atoms with Gasteiger partial charge in [0.25, 0.3) is 0 Å². The quantitative estimate of drug-likeness (QED) is 0.557. The van der Waals surface area contributed by atoms with Crippen molar-refractivity contribution in [2.75, 3.05) is 6.79 Å². The number of hydrogen-bond donors (Lipinski definition) is 3. The first kappa shape index (κ1) is 20.0. The molecule has 1 atom stereocenters. The zero-order chi connectivity index (χ0) is 22.0. The third-order valence-electron chi connectivity index (χ3n) is 5.31. The Morgan fingerprint density at radius 3 is 2.66 bits per heavy atom. The summed E-state index contributed by atoms with van der Waals surface area (Å²) in [5.41, 5.74) is 15.5. The van der Waals surface area contributed by atoms with Crippen LogP contribution < -0.4 is 31.0 Å². The van der Waals surface area contributed by atoms with Gasteiger partial charge in [0.05, 0.1) is 5.70 Å². The van der Waals surface area contributed by atoms with Crippen LogP contribution in [0.15, 0.2) is 83.9 Å². The predicted molar refractivity (Wildman–Crippen MR) is 123 cm³/mol. The van der Waals surface area contributed by atoms with E-state index < -0.39 is 5.66 Å². The van der Waals surface area contributed by atoms with E-state index in [1.807, 2.05) is 78.9 Å². The van der Waals surface area contributed by atoms with Gasteiger partial charge in [0.1, 0.15) is 18.0 Å². The molecule has 0 radical (unpaired) electrons. The second-order valence-corrected chi connectivity index (χ2v) is 7.86. The molecule has 2 aliphatic heterocycles. The van der Waals surface area contributed by atoms with Crippen molar-refractivity contribution >= 4 is 11.7 Å². The first-order valence-corrected chi connectivity index (χ1v) is 10.4. The van der Waals surface area contributed by atoms with Crippen LogP contribution in [0.5, 0.6) is 17.2 Å². The van der Waals surface area contributed by atoms with Crippen molar-refractivity contribution in [1.82, 2.24) is 5.32 Å². The molecular formula is C25H24N4O3. The third-order valence-corrected chi connectivity index (χ3v) is 5.31. The fourth-order valence-corrected chi connectivity index (χ4v) is 3.83. The minimum absolute atomic E-state index is 0.233. The summed E-state index contributed by atoms with van der Waals surface area (Å²) >= 11 is 0. The number of benzene rings is 3. The van der Waals surface area contributed by atoms with Gasteiger partial charge in [-0.1, -0.05) is 48.5 Å². The molecule has 0 saturated heterocycles. The number of ether oxygens (including phenoxy) is 3. The van der Waals surface area contributed by atoms with Crippen molar-refractivity contribution in [2.24, 2.45) is 16.5 Å². The fourth-order valence-electron chi connectivity index (χ4n) is 3.83. The van der Waals surface area contributed by atoms with E-state index in [0.717, 1.165) is 33.9 Å². The van der Waals surface area contributed by atoms with Gasteiger partial charge in [-0.15, -0.1) is 0 Å². The number of hydrogen-bond acceptors (Lipinski definition) is 7. The molecule has 2 aliphatic rings. The minimum atomic E-state index is -0.907. The van der Waals surface area contributed by atoms with E-state index in [1.54, 1.807) is 0 Å². The van der Waals surface area contributed by atoms with Crippen molar-refractivity contribution in [3.8, 4) is 17.2 Å². The lowest BCUT2D eigenvalue weighted by Gasteiger charge is -2.32. The molecule has 2 heterocycles. The third kappa shape index (κ3) is 4.38. The highest BCUT2D eigenvalue weighted by Gasteiger charge is 2.29. The Morgan fingerprint density at radius 2 is 1.78 bits per heavy atom. The zero-order valence-electron chi connectivity index (χ0n) is 17.5. The lowest BCUT2D eigenvalue weighted by molar-refractivity contribution is 0.174. The van der Waals surface area contributed by atoms with Gasteiger partial charge in [0, 0.05) is 12.0 Å². The maximum atomic E-state index is 6.68. The summed E-state index contributed by atoms with van der Waals surface area (Å²) in [6.07, 6.45) is 2.39. The largest absolute Gasteiger partial charge is 0.489 e. The van der Waals surface area contributed by atoms with E-state index in [9.17, 15) is 0 Å². The summed E-state index contributed by atoms with van der Waals surface area (Å²) in [5, 5.41) is 3.10. The van der Waals surface area contributed by atoms with Crippen LogP contribution >= 0.6 is 0 Å². The molecule has 0 amide bonds. The molecule has 0 saturated carbocycles. The summed E-state index contributed by atoms with van der Waals surface area (Å²) < 4.78 is 16.8. The molecule has 0 aliphatic carbocycles. The van der Waals surface area contributed by atoms with Crippen molar-refractivity contribution < 1.29 is 14.2 Å². The van der Waals surface area contributed by atoms with Gasteiger partial charge in [-0.2, -0.15) is 0 Å². The van der Waals surface area contributed by atoms with E-state index in [-0.39, 0.29) is 12.8 Å². The molecule has 32 heavy (non-hydrogen) atoms. The van der Waals surface area contributed by atoms with Crippen LogP contribution in [-0.2, 0) is 13.0 Å². The topological polar surface area (TPSA) is 104 Å². The number of nitrogens with one attached hydrogen (secondary N) is 1. The lowest BCUT2D eigenvalue weighted by atomic mass is 9.96. The molecule has 162 valence electrons. The van der Waals surface area contributed by atoms with Crippen LogP contribution in [0.2, 0.25) is 0 Å². The summed E-state index contributed by atoms with van der Waals surface area (Å²) in [7, 11) is 0. The fraction of sp³-hybridized carbons (Fsp3) is 0.160. The Morgan fingerprint density at radius 1 is 0.938 bits per heavy atom. The van der Waals surface area contributed by atoms with Gasteiger partial charge in [-0.05, 0) is 41.5 Å². The van der Waals surface area contributed by atoms with E-state index in [4.69, 9.17) is 25.7 Å². The van der Waals surface area contributed by atoms with Gasteiger partial charge in [0.2, 0.25) is 6.79 Å². The Labute approximate surface area is 186 Å². The van der Waals surface area contributed by atoms with E-state index in [0.29, 0.717) is 18.7 Å². The molecule has 1 unspecified atom stereocenters. The number of fused-ring (bicyclic) bond motifs is 1. The van der Waals surface area contributed by atoms with Crippen LogP contribution in [-0.4, -0.2) is 18.4 Å². The first-order chi connectivity index (χ1) is 15.6. The lowest BCUT2D eigenvalue weighted by Crippen LogP contribution is -2.59. The Kier molecular flexibility index (Phi) is 5.17. The van der Waals surface area contributed by atoms with Crippen molar-refractivity contribution in [3.63, 3.8) is 0 Å². The number of nitrogens with two attached hydrogens (primary N) is 2. The molecule has 0 bridgehead atoms. The molecule has 0 aromatic heterocycles. The summed E-state index contributed by atoms with van der Waals surface area (Å²) in [4.78, 5) is 4.47. The monoisotopic (exact) mass is 428 g/mol. The van der Waals surface area contributed by atoms with Crippen molar-refractivity contribution in [2.45, 2.75) is 18.7 Å². The molecule has 5 rings (SSSR count). The summed E-state index contributed by atoms with van der Waals surface area (Å²) in [5.74, 6) is 2.47. The number of aliphatic imine (C=N–C) groups is 1. The van der Waals surface area contributed by atoms with E-state index >= 15 is 0 Å². The SMILES string of the molecule is NC1=NC(c2cccc(OCc3ccccc3)c2)=CC(N)(Cc2ccc3c(c2)OCO3)N1. The first-order valence-electron chi connectivity index (χ1n) is 10.4. The summed E-state index contributed by atoms with van der Waals surface area (Å²) in [6, 6.07) is 23.6. The zero-order valence-corrected chi connectivity index (χ0v) is 17.5. The standard InChI is InChI=1S/C25H24N4O3/c26-24-28-21(19-7-4-8-20(12-19)30-15-17-5-2-1-3-6-17)14-25(27,29-24)13-18-9-10-22-23(11-18)32-16-31-22/h1-12,14H,13,15-16,27H2,(H3,26,28,29). The van der Waals surface area contributed by atoms with Crippen LogP contribution in [0.3, 0.4) is 0 Å². The molecule has 0 fully saturated rings. The second kappa shape index (κ2) is 8.28. The predicted octanol–water partition coefficient (Wildman–Crippen LogP) is 3.15. The molecule has 7 nitrogen and oxygen atoms in total. The molecule has 3 aromatic carbocycles. The minimum Gasteiger partial charge on any atom is -0.489 e. The van der Waals surface area contributed by atoms with Gasteiger partial charge < -0.3 is 31.0 Å². The molecule has 5 N–H and O–H groups in total. The number of nitrogens with zero attached hydrogens (tertiary/aromatic N) is 1. The highest BCUT2D eigenvalue weighted by molar-refractivity contribution is 5.88. The normalized spacial score (nSPS) is 19.0. The van der Waals surface area contributed by atoms with E-state index in [2.05, 4.69) is 10.3 Å². The van der Waals surface area contributed by atoms with Gasteiger partial charge in [0.15, 0.2) is 17.5 Å². The van der Waals surface area contributed by atoms with Crippen LogP contribution in [0.1, 0.15) is 16.7 Å². The van der Waals surface area contributed by atoms with Crippen molar-refractivity contribution in [3.05, 3.63) is 95.6 Å². The van der Waals surface area contributed by atoms with Gasteiger partial charge >= 0.3 is 0 Å². The van der Waals surface area contributed by atoms with Crippen molar-refractivity contribution in [1.29, 1.82) is 0 Å². The average Bonchev–Trinajstić information content (AvgIpc) is 3.26. The molecule has 7 heteroatoms. The molecular weight excluding hydrogens is 404 g/mol. The van der Waals surface area contributed by atoms with Crippen LogP contribution in [0.4, 0.5) is 0 Å². The second-order valence-electron chi connectivity index (χ2n) is 7.86. The smallest absolute Gasteiger partial charge is 0.231 e. The maximum absolute atomic E-state index is 6.68. The van der Waals surface area contributed by atoms with Crippen LogP contribution in [0.25, 0.3) is 5.70 Å². The summed E-state index contributed by atoms with van der Waals surface area (Å²) in [6.45, 7) is 0.721. The number of rotatable bonds is 6. The number of guanidine groups is 1. The maximum Gasteiger partial charge on any atom is 0.231 e. The van der Waals surface area contributed by atoms with Gasteiger partial charge in [-0.25, -0.2) is 4.99 Å². The highest BCUT2D eigenvalue weighted by atomic mass is 16.7. The Hall–Kier alpha value is -3.97. The van der Waals surface area contributed by atoms with E-state index in [1.165, 1.54) is 0 Å². The van der Waals surface area contributed by atoms with Crippen LogP contribution in [0, 0.1) is 0 Å². The molecule has 3 aromatic rings. The van der Waals surface area contributed by atoms with Gasteiger partial charge in [-0.3, -0.25) is 0 Å². The Balaban J connectivity index is 1.36.